The highest BCUT2D eigenvalue weighted by molar-refractivity contribution is 6.05. The van der Waals surface area contributed by atoms with E-state index in [0.717, 1.165) is 35.5 Å². The maximum Gasteiger partial charge on any atom is 0.409 e. The lowest BCUT2D eigenvalue weighted by molar-refractivity contribution is -0.129. The second-order valence-corrected chi connectivity index (χ2v) is 8.97. The summed E-state index contributed by atoms with van der Waals surface area (Å²) in [4.78, 5) is 45.1. The largest absolute Gasteiger partial charge is 0.497 e. The van der Waals surface area contributed by atoms with Crippen LogP contribution in [0.15, 0.2) is 48.5 Å². The lowest BCUT2D eigenvalue weighted by atomic mass is 10.1. The van der Waals surface area contributed by atoms with Crippen LogP contribution in [0.5, 0.6) is 5.75 Å². The highest BCUT2D eigenvalue weighted by atomic mass is 16.6. The Labute approximate surface area is 212 Å². The molecule has 0 saturated carbocycles. The van der Waals surface area contributed by atoms with Crippen LogP contribution in [0.25, 0.3) is 0 Å². The summed E-state index contributed by atoms with van der Waals surface area (Å²) in [6.45, 7) is 5.62. The van der Waals surface area contributed by atoms with Crippen LogP contribution in [-0.2, 0) is 16.1 Å². The molecule has 2 aromatic rings. The van der Waals surface area contributed by atoms with Crippen LogP contribution in [0.1, 0.15) is 31.7 Å². The van der Waals surface area contributed by atoms with Gasteiger partial charge in [-0.05, 0) is 42.3 Å². The van der Waals surface area contributed by atoms with E-state index in [2.05, 4.69) is 11.8 Å². The quantitative estimate of drug-likeness (QED) is 0.514. The van der Waals surface area contributed by atoms with Gasteiger partial charge < -0.3 is 19.3 Å². The molecule has 0 atom stereocenters. The SMILES string of the molecule is CCCCOC(=O)N1CCN(c2cccc(N3CCC(=O)N(Cc4ccc(OC)cc4)C3=O)c2)CC1. The summed E-state index contributed by atoms with van der Waals surface area (Å²) in [6.07, 6.45) is 1.88. The Bertz CT molecular complexity index is 1070. The number of amides is 4. The summed E-state index contributed by atoms with van der Waals surface area (Å²) in [5, 5.41) is 0. The van der Waals surface area contributed by atoms with E-state index in [0.29, 0.717) is 39.3 Å². The molecule has 2 aromatic carbocycles. The Morgan fingerprint density at radius 1 is 0.944 bits per heavy atom. The van der Waals surface area contributed by atoms with Crippen molar-refractivity contribution < 1.29 is 23.9 Å². The van der Waals surface area contributed by atoms with Gasteiger partial charge in [-0.1, -0.05) is 31.5 Å². The van der Waals surface area contributed by atoms with Gasteiger partial charge in [0, 0.05) is 50.5 Å². The lowest BCUT2D eigenvalue weighted by Gasteiger charge is -2.37. The number of methoxy groups -OCH3 is 1. The Hall–Kier alpha value is -3.75. The van der Waals surface area contributed by atoms with E-state index < -0.39 is 0 Å². The lowest BCUT2D eigenvalue weighted by Crippen LogP contribution is -2.52. The Kier molecular flexibility index (Phi) is 8.30. The Morgan fingerprint density at radius 3 is 2.36 bits per heavy atom. The summed E-state index contributed by atoms with van der Waals surface area (Å²) < 4.78 is 10.5. The van der Waals surface area contributed by atoms with Crippen molar-refractivity contribution in [1.82, 2.24) is 9.80 Å². The van der Waals surface area contributed by atoms with E-state index >= 15 is 0 Å². The van der Waals surface area contributed by atoms with Crippen molar-refractivity contribution in [3.63, 3.8) is 0 Å². The number of unbranched alkanes of at least 4 members (excludes halogenated alkanes) is 1. The van der Waals surface area contributed by atoms with Gasteiger partial charge in [0.25, 0.3) is 0 Å². The number of anilines is 2. The second-order valence-electron chi connectivity index (χ2n) is 8.97. The number of urea groups is 1. The van der Waals surface area contributed by atoms with E-state index in [4.69, 9.17) is 9.47 Å². The van der Waals surface area contributed by atoms with Gasteiger partial charge in [-0.2, -0.15) is 0 Å². The second kappa shape index (κ2) is 11.8. The molecule has 9 nitrogen and oxygen atoms in total. The van der Waals surface area contributed by atoms with Crippen molar-refractivity contribution in [2.45, 2.75) is 32.7 Å². The molecule has 4 amide bonds. The first-order valence-electron chi connectivity index (χ1n) is 12.5. The number of hydrogen-bond donors (Lipinski definition) is 0. The number of rotatable bonds is 8. The number of piperazine rings is 1. The third-order valence-corrected chi connectivity index (χ3v) is 6.58. The predicted octanol–water partition coefficient (Wildman–Crippen LogP) is 4.11. The van der Waals surface area contributed by atoms with Crippen molar-refractivity contribution in [3.05, 3.63) is 54.1 Å². The fourth-order valence-corrected chi connectivity index (χ4v) is 4.40. The van der Waals surface area contributed by atoms with Crippen molar-refractivity contribution in [3.8, 4) is 5.75 Å². The molecule has 0 aliphatic carbocycles. The van der Waals surface area contributed by atoms with Crippen molar-refractivity contribution in [2.24, 2.45) is 0 Å². The number of imide groups is 1. The first-order valence-corrected chi connectivity index (χ1v) is 12.5. The average Bonchev–Trinajstić information content (AvgIpc) is 2.91. The fourth-order valence-electron chi connectivity index (χ4n) is 4.40. The highest BCUT2D eigenvalue weighted by Gasteiger charge is 2.33. The van der Waals surface area contributed by atoms with Gasteiger partial charge in [-0.15, -0.1) is 0 Å². The Balaban J connectivity index is 1.40. The summed E-state index contributed by atoms with van der Waals surface area (Å²) in [5.74, 6) is 0.549. The summed E-state index contributed by atoms with van der Waals surface area (Å²) >= 11 is 0. The molecule has 2 fully saturated rings. The van der Waals surface area contributed by atoms with Gasteiger partial charge in [0.05, 0.1) is 20.3 Å². The number of benzene rings is 2. The molecule has 0 aromatic heterocycles. The standard InChI is InChI=1S/C27H34N4O5/c1-3-4-18-36-27(34)29-16-14-28(15-17-29)22-6-5-7-23(19-22)30-13-12-25(32)31(26(30)33)20-21-8-10-24(35-2)11-9-21/h5-11,19H,3-4,12-18,20H2,1-2H3. The molecule has 2 aliphatic heterocycles. The number of hydrogen-bond acceptors (Lipinski definition) is 6. The molecule has 0 radical (unpaired) electrons. The number of carbonyl (C=O) groups excluding carboxylic acids is 3. The van der Waals surface area contributed by atoms with Crippen molar-refractivity contribution in [2.75, 3.05) is 56.2 Å². The molecule has 36 heavy (non-hydrogen) atoms. The van der Waals surface area contributed by atoms with Crippen molar-refractivity contribution in [1.29, 1.82) is 0 Å². The normalized spacial score (nSPS) is 16.4. The van der Waals surface area contributed by atoms with Gasteiger partial charge >= 0.3 is 12.1 Å². The summed E-state index contributed by atoms with van der Waals surface area (Å²) in [6, 6.07) is 14.8. The number of nitrogens with zero attached hydrogens (tertiary/aromatic N) is 4. The van der Waals surface area contributed by atoms with E-state index in [1.807, 2.05) is 48.5 Å². The minimum Gasteiger partial charge on any atom is -0.497 e. The molecule has 0 N–H and O–H groups in total. The first-order chi connectivity index (χ1) is 17.5. The van der Waals surface area contributed by atoms with Gasteiger partial charge in [0.15, 0.2) is 0 Å². The molecule has 2 aliphatic rings. The van der Waals surface area contributed by atoms with Crippen LogP contribution in [0.2, 0.25) is 0 Å². The fraction of sp³-hybridized carbons (Fsp3) is 0.444. The minimum absolute atomic E-state index is 0.176. The molecule has 2 heterocycles. The monoisotopic (exact) mass is 494 g/mol. The Morgan fingerprint density at radius 2 is 1.67 bits per heavy atom. The molecule has 0 unspecified atom stereocenters. The predicted molar refractivity (Wildman–Crippen MR) is 137 cm³/mol. The van der Waals surface area contributed by atoms with E-state index in [9.17, 15) is 14.4 Å². The van der Waals surface area contributed by atoms with Crippen LogP contribution >= 0.6 is 0 Å². The molecule has 4 rings (SSSR count). The van der Waals surface area contributed by atoms with E-state index in [-0.39, 0.29) is 31.0 Å². The van der Waals surface area contributed by atoms with Crippen LogP contribution in [0.4, 0.5) is 21.0 Å². The molecule has 0 bridgehead atoms. The van der Waals surface area contributed by atoms with Crippen molar-refractivity contribution >= 4 is 29.4 Å². The molecule has 192 valence electrons. The number of ether oxygens (including phenoxy) is 2. The van der Waals surface area contributed by atoms with Gasteiger partial charge in [0.2, 0.25) is 5.91 Å². The van der Waals surface area contributed by atoms with E-state index in [1.54, 1.807) is 16.9 Å². The summed E-state index contributed by atoms with van der Waals surface area (Å²) in [7, 11) is 1.60. The maximum absolute atomic E-state index is 13.3. The zero-order valence-electron chi connectivity index (χ0n) is 21.0. The van der Waals surface area contributed by atoms with Crippen LogP contribution in [-0.4, -0.2) is 74.3 Å². The molecular weight excluding hydrogens is 460 g/mol. The van der Waals surface area contributed by atoms with Crippen LogP contribution in [0.3, 0.4) is 0 Å². The number of carbonyl (C=O) groups is 3. The van der Waals surface area contributed by atoms with Gasteiger partial charge in [0.1, 0.15) is 5.75 Å². The third kappa shape index (κ3) is 5.90. The zero-order chi connectivity index (χ0) is 25.5. The average molecular weight is 495 g/mol. The molecular formula is C27H34N4O5. The molecule has 9 heteroatoms. The topological polar surface area (TPSA) is 82.6 Å². The van der Waals surface area contributed by atoms with E-state index in [1.165, 1.54) is 4.90 Å². The molecule has 2 saturated heterocycles. The zero-order valence-corrected chi connectivity index (χ0v) is 21.0. The first kappa shape index (κ1) is 25.3. The smallest absolute Gasteiger partial charge is 0.409 e. The third-order valence-electron chi connectivity index (χ3n) is 6.58. The minimum atomic E-state index is -0.320. The van der Waals surface area contributed by atoms with Gasteiger partial charge in [-0.25, -0.2) is 9.59 Å². The van der Waals surface area contributed by atoms with Crippen LogP contribution in [0, 0.1) is 0 Å². The summed E-state index contributed by atoms with van der Waals surface area (Å²) in [5.41, 5.74) is 2.60. The van der Waals surface area contributed by atoms with Gasteiger partial charge in [-0.3, -0.25) is 14.6 Å². The van der Waals surface area contributed by atoms with Crippen LogP contribution < -0.4 is 14.5 Å². The highest BCUT2D eigenvalue weighted by Crippen LogP contribution is 2.27. The molecule has 0 spiro atoms. The maximum atomic E-state index is 13.3.